The molecule has 0 spiro atoms. The van der Waals surface area contributed by atoms with E-state index in [-0.39, 0.29) is 5.91 Å². The van der Waals surface area contributed by atoms with Gasteiger partial charge in [-0.05, 0) is 42.2 Å². The molecular formula is C23H23NO2. The van der Waals surface area contributed by atoms with E-state index in [0.29, 0.717) is 17.9 Å². The molecule has 132 valence electrons. The topological polar surface area (TPSA) is 38.3 Å². The zero-order chi connectivity index (χ0) is 18.4. The van der Waals surface area contributed by atoms with Gasteiger partial charge in [0.05, 0.1) is 5.56 Å². The molecule has 0 saturated carbocycles. The Balaban J connectivity index is 1.80. The van der Waals surface area contributed by atoms with Crippen molar-refractivity contribution >= 4 is 11.6 Å². The molecule has 0 aromatic heterocycles. The van der Waals surface area contributed by atoms with Gasteiger partial charge in [-0.15, -0.1) is 0 Å². The Kier molecular flexibility index (Phi) is 5.69. The van der Waals surface area contributed by atoms with Crippen molar-refractivity contribution in [1.82, 2.24) is 0 Å². The number of hydrogen-bond donors (Lipinski definition) is 1. The van der Waals surface area contributed by atoms with Gasteiger partial charge in [-0.1, -0.05) is 67.6 Å². The normalized spacial score (nSPS) is 10.4. The molecule has 0 atom stereocenters. The number of para-hydroxylation sites is 2. The second-order valence-electron chi connectivity index (χ2n) is 6.19. The third-order valence-electron chi connectivity index (χ3n) is 4.35. The van der Waals surface area contributed by atoms with Crippen LogP contribution in [0, 0.1) is 6.92 Å². The van der Waals surface area contributed by atoms with Gasteiger partial charge in [0.1, 0.15) is 12.4 Å². The fourth-order valence-corrected chi connectivity index (χ4v) is 2.90. The third-order valence-corrected chi connectivity index (χ3v) is 4.35. The number of anilines is 1. The summed E-state index contributed by atoms with van der Waals surface area (Å²) in [6.07, 6.45) is 0.865. The van der Waals surface area contributed by atoms with Crippen LogP contribution in [0.4, 0.5) is 5.69 Å². The highest BCUT2D eigenvalue weighted by Gasteiger charge is 2.15. The molecule has 3 nitrogen and oxygen atoms in total. The van der Waals surface area contributed by atoms with Crippen LogP contribution in [0.1, 0.15) is 34.0 Å². The summed E-state index contributed by atoms with van der Waals surface area (Å²) in [5, 5.41) is 3.07. The van der Waals surface area contributed by atoms with E-state index in [1.807, 2.05) is 73.7 Å². The molecule has 0 aliphatic heterocycles. The zero-order valence-electron chi connectivity index (χ0n) is 15.2. The van der Waals surface area contributed by atoms with E-state index < -0.39 is 0 Å². The van der Waals surface area contributed by atoms with Crippen molar-refractivity contribution in [2.45, 2.75) is 26.9 Å². The second-order valence-corrected chi connectivity index (χ2v) is 6.19. The van der Waals surface area contributed by atoms with Gasteiger partial charge in [-0.3, -0.25) is 4.79 Å². The van der Waals surface area contributed by atoms with Gasteiger partial charge >= 0.3 is 0 Å². The van der Waals surface area contributed by atoms with Crippen LogP contribution in [0.5, 0.6) is 5.75 Å². The van der Waals surface area contributed by atoms with Crippen molar-refractivity contribution in [2.24, 2.45) is 0 Å². The van der Waals surface area contributed by atoms with E-state index in [2.05, 4.69) is 12.2 Å². The van der Waals surface area contributed by atoms with E-state index in [0.717, 1.165) is 28.8 Å². The lowest BCUT2D eigenvalue weighted by Crippen LogP contribution is -2.15. The van der Waals surface area contributed by atoms with Gasteiger partial charge in [0.2, 0.25) is 0 Å². The number of amides is 1. The van der Waals surface area contributed by atoms with E-state index >= 15 is 0 Å². The molecule has 1 N–H and O–H groups in total. The number of nitrogens with one attached hydrogen (secondary N) is 1. The maximum Gasteiger partial charge on any atom is 0.259 e. The van der Waals surface area contributed by atoms with Crippen molar-refractivity contribution in [2.75, 3.05) is 5.32 Å². The number of carbonyl (C=O) groups excluding carboxylic acids is 1. The summed E-state index contributed by atoms with van der Waals surface area (Å²) in [7, 11) is 0. The Morgan fingerprint density at radius 2 is 1.65 bits per heavy atom. The van der Waals surface area contributed by atoms with E-state index in [1.165, 1.54) is 0 Å². The second kappa shape index (κ2) is 8.34. The number of hydrogen-bond acceptors (Lipinski definition) is 2. The first-order valence-electron chi connectivity index (χ1n) is 8.84. The van der Waals surface area contributed by atoms with Crippen LogP contribution in [-0.4, -0.2) is 5.91 Å². The standard InChI is InChI=1S/C23H23NO2/c1-3-19-13-9-10-17(2)22(19)24-23(25)20-14-7-8-15-21(20)26-16-18-11-5-4-6-12-18/h4-15H,3,16H2,1-2H3,(H,24,25). The first kappa shape index (κ1) is 17.7. The summed E-state index contributed by atoms with van der Waals surface area (Å²) >= 11 is 0. The molecule has 0 aliphatic carbocycles. The molecule has 0 saturated heterocycles. The van der Waals surface area contributed by atoms with E-state index in [4.69, 9.17) is 4.74 Å². The van der Waals surface area contributed by atoms with Crippen molar-refractivity contribution in [3.8, 4) is 5.75 Å². The maximum absolute atomic E-state index is 12.9. The minimum atomic E-state index is -0.155. The largest absolute Gasteiger partial charge is 0.488 e. The summed E-state index contributed by atoms with van der Waals surface area (Å²) in [4.78, 5) is 12.9. The lowest BCUT2D eigenvalue weighted by atomic mass is 10.1. The summed E-state index contributed by atoms with van der Waals surface area (Å²) in [6.45, 7) is 4.52. The van der Waals surface area contributed by atoms with Gasteiger partial charge in [0.15, 0.2) is 0 Å². The monoisotopic (exact) mass is 345 g/mol. The molecule has 26 heavy (non-hydrogen) atoms. The molecule has 0 radical (unpaired) electrons. The molecule has 3 heteroatoms. The highest BCUT2D eigenvalue weighted by molar-refractivity contribution is 6.06. The molecule has 0 heterocycles. The van der Waals surface area contributed by atoms with Crippen molar-refractivity contribution < 1.29 is 9.53 Å². The molecule has 0 unspecified atom stereocenters. The van der Waals surface area contributed by atoms with Crippen LogP contribution in [0.3, 0.4) is 0 Å². The van der Waals surface area contributed by atoms with Crippen LogP contribution in [0.2, 0.25) is 0 Å². The minimum Gasteiger partial charge on any atom is -0.488 e. The summed E-state index contributed by atoms with van der Waals surface area (Å²) < 4.78 is 5.91. The van der Waals surface area contributed by atoms with Gasteiger partial charge < -0.3 is 10.1 Å². The number of benzene rings is 3. The van der Waals surface area contributed by atoms with Crippen LogP contribution >= 0.6 is 0 Å². The average molecular weight is 345 g/mol. The van der Waals surface area contributed by atoms with E-state index in [9.17, 15) is 4.79 Å². The summed E-state index contributed by atoms with van der Waals surface area (Å²) in [5.41, 5.74) is 4.67. The number of rotatable bonds is 6. The maximum atomic E-state index is 12.9. The first-order valence-corrected chi connectivity index (χ1v) is 8.84. The summed E-state index contributed by atoms with van der Waals surface area (Å²) in [5.74, 6) is 0.429. The average Bonchev–Trinajstić information content (AvgIpc) is 2.69. The molecule has 3 rings (SSSR count). The third kappa shape index (κ3) is 4.12. The molecule has 1 amide bonds. The SMILES string of the molecule is CCc1cccc(C)c1NC(=O)c1ccccc1OCc1ccccc1. The van der Waals surface area contributed by atoms with Crippen LogP contribution in [0.15, 0.2) is 72.8 Å². The van der Waals surface area contributed by atoms with Crippen LogP contribution in [-0.2, 0) is 13.0 Å². The predicted molar refractivity (Wildman–Crippen MR) is 106 cm³/mol. The van der Waals surface area contributed by atoms with Crippen molar-refractivity contribution in [3.63, 3.8) is 0 Å². The van der Waals surface area contributed by atoms with E-state index in [1.54, 1.807) is 6.07 Å². The molecule has 3 aromatic carbocycles. The highest BCUT2D eigenvalue weighted by Crippen LogP contribution is 2.25. The fraction of sp³-hybridized carbons (Fsp3) is 0.174. The Labute approximate surface area is 154 Å². The van der Waals surface area contributed by atoms with Gasteiger partial charge in [-0.2, -0.15) is 0 Å². The smallest absolute Gasteiger partial charge is 0.259 e. The zero-order valence-corrected chi connectivity index (χ0v) is 15.2. The molecule has 3 aromatic rings. The van der Waals surface area contributed by atoms with Gasteiger partial charge in [0.25, 0.3) is 5.91 Å². The van der Waals surface area contributed by atoms with Gasteiger partial charge in [-0.25, -0.2) is 0 Å². The quantitative estimate of drug-likeness (QED) is 0.650. The number of aryl methyl sites for hydroxylation is 2. The fourth-order valence-electron chi connectivity index (χ4n) is 2.90. The van der Waals surface area contributed by atoms with Crippen LogP contribution in [0.25, 0.3) is 0 Å². The molecule has 0 bridgehead atoms. The highest BCUT2D eigenvalue weighted by atomic mass is 16.5. The van der Waals surface area contributed by atoms with Crippen molar-refractivity contribution in [1.29, 1.82) is 0 Å². The van der Waals surface area contributed by atoms with Crippen LogP contribution < -0.4 is 10.1 Å². The summed E-state index contributed by atoms with van der Waals surface area (Å²) in [6, 6.07) is 23.3. The molecular weight excluding hydrogens is 322 g/mol. The molecule has 0 fully saturated rings. The lowest BCUT2D eigenvalue weighted by Gasteiger charge is -2.15. The Hall–Kier alpha value is -3.07. The van der Waals surface area contributed by atoms with Gasteiger partial charge in [0, 0.05) is 5.69 Å². The Morgan fingerprint density at radius 3 is 2.42 bits per heavy atom. The minimum absolute atomic E-state index is 0.155. The predicted octanol–water partition coefficient (Wildman–Crippen LogP) is 5.39. The number of carbonyl (C=O) groups is 1. The van der Waals surface area contributed by atoms with Crippen molar-refractivity contribution in [3.05, 3.63) is 95.1 Å². The molecule has 0 aliphatic rings. The number of ether oxygens (including phenoxy) is 1. The lowest BCUT2D eigenvalue weighted by molar-refractivity contribution is 0.102. The Bertz CT molecular complexity index is 888. The Morgan fingerprint density at radius 1 is 0.923 bits per heavy atom. The first-order chi connectivity index (χ1) is 12.7.